The van der Waals surface area contributed by atoms with Gasteiger partial charge in [0.1, 0.15) is 0 Å². The van der Waals surface area contributed by atoms with E-state index in [1.54, 1.807) is 0 Å². The molecule has 0 N–H and O–H groups in total. The van der Waals surface area contributed by atoms with Crippen molar-refractivity contribution in [3.05, 3.63) is 0 Å². The standard InChI is InChI=1S/C29H64O2Si4/c1-22(20-30-34(9,10)11)28(32(3,4)5)18-26-16-25-15-24(26)17-27(25)19-29(33(6,7)8)23(2)21-31-35(12,13)14/h22-29H,15-21H2,1-14H3. The van der Waals surface area contributed by atoms with Crippen LogP contribution in [0.3, 0.4) is 0 Å². The smallest absolute Gasteiger partial charge is 0.183 e. The third kappa shape index (κ3) is 10.1. The SMILES string of the molecule is CC(CO[Si](C)(C)C)C(CC1CC2CC1CC2CC(C(C)CO[Si](C)(C)C)[Si](C)(C)C)[Si](C)(C)C. The average molecular weight is 557 g/mol. The molecule has 2 aliphatic carbocycles. The number of fused-ring (bicyclic) bond motifs is 2. The van der Waals surface area contributed by atoms with Gasteiger partial charge >= 0.3 is 0 Å². The maximum atomic E-state index is 6.41. The Kier molecular flexibility index (Phi) is 10.9. The van der Waals surface area contributed by atoms with E-state index < -0.39 is 32.8 Å². The highest BCUT2D eigenvalue weighted by Crippen LogP contribution is 2.58. The van der Waals surface area contributed by atoms with Crippen LogP contribution in [0, 0.1) is 35.5 Å². The molecule has 8 atom stereocenters. The van der Waals surface area contributed by atoms with Crippen molar-refractivity contribution < 1.29 is 8.85 Å². The van der Waals surface area contributed by atoms with Gasteiger partial charge in [0, 0.05) is 29.4 Å². The van der Waals surface area contributed by atoms with E-state index in [0.29, 0.717) is 11.8 Å². The molecule has 2 rings (SSSR count). The zero-order chi connectivity index (χ0) is 27.0. The maximum absolute atomic E-state index is 6.41. The van der Waals surface area contributed by atoms with Crippen molar-refractivity contribution in [2.45, 2.75) is 136 Å². The van der Waals surface area contributed by atoms with Crippen molar-refractivity contribution in [1.29, 1.82) is 0 Å². The first-order chi connectivity index (χ1) is 15.7. The summed E-state index contributed by atoms with van der Waals surface area (Å²) in [7, 11) is -5.31. The third-order valence-electron chi connectivity index (χ3n) is 9.42. The molecule has 0 heterocycles. The molecule has 6 heteroatoms. The first-order valence-electron chi connectivity index (χ1n) is 14.9. The van der Waals surface area contributed by atoms with Gasteiger partial charge in [-0.15, -0.1) is 0 Å². The number of rotatable bonds is 14. The average Bonchev–Trinajstić information content (AvgIpc) is 3.23. The van der Waals surface area contributed by atoms with Gasteiger partial charge < -0.3 is 8.85 Å². The first kappa shape index (κ1) is 32.0. The van der Waals surface area contributed by atoms with E-state index in [2.05, 4.69) is 92.4 Å². The van der Waals surface area contributed by atoms with Gasteiger partial charge in [0.2, 0.25) is 0 Å². The Morgan fingerprint density at radius 2 is 0.857 bits per heavy atom. The van der Waals surface area contributed by atoms with Crippen molar-refractivity contribution in [3.63, 3.8) is 0 Å². The highest BCUT2D eigenvalue weighted by Gasteiger charge is 2.49. The predicted molar refractivity (Wildman–Crippen MR) is 168 cm³/mol. The molecule has 2 saturated carbocycles. The van der Waals surface area contributed by atoms with Gasteiger partial charge in [-0.1, -0.05) is 53.1 Å². The van der Waals surface area contributed by atoms with Crippen LogP contribution in [0.15, 0.2) is 0 Å². The second-order valence-electron chi connectivity index (χ2n) is 17.0. The van der Waals surface area contributed by atoms with E-state index in [1.807, 2.05) is 0 Å². The second-order valence-corrected chi connectivity index (χ2v) is 36.9. The monoisotopic (exact) mass is 556 g/mol. The molecule has 2 fully saturated rings. The summed E-state index contributed by atoms with van der Waals surface area (Å²) in [6.07, 6.45) is 7.55. The molecule has 35 heavy (non-hydrogen) atoms. The fourth-order valence-electron chi connectivity index (χ4n) is 7.62. The summed E-state index contributed by atoms with van der Waals surface area (Å²) in [5.74, 6) is 5.41. The van der Waals surface area contributed by atoms with E-state index in [1.165, 1.54) is 32.1 Å². The quantitative estimate of drug-likeness (QED) is 0.198. The van der Waals surface area contributed by atoms with E-state index in [4.69, 9.17) is 8.85 Å². The van der Waals surface area contributed by atoms with Gasteiger partial charge in [0.05, 0.1) is 0 Å². The molecule has 0 amide bonds. The number of hydrogen-bond acceptors (Lipinski definition) is 2. The molecular weight excluding hydrogens is 493 g/mol. The lowest BCUT2D eigenvalue weighted by Crippen LogP contribution is -2.39. The largest absolute Gasteiger partial charge is 0.417 e. The molecule has 0 aromatic heterocycles. The topological polar surface area (TPSA) is 18.5 Å². The Bertz CT molecular complexity index is 600. The van der Waals surface area contributed by atoms with Crippen LogP contribution in [0.5, 0.6) is 0 Å². The van der Waals surface area contributed by atoms with Crippen molar-refractivity contribution in [2.24, 2.45) is 35.5 Å². The Labute approximate surface area is 225 Å². The lowest BCUT2D eigenvalue weighted by atomic mass is 9.76. The van der Waals surface area contributed by atoms with Gasteiger partial charge in [-0.2, -0.15) is 0 Å². The maximum Gasteiger partial charge on any atom is 0.183 e. The third-order valence-corrected chi connectivity index (χ3v) is 17.5. The highest BCUT2D eigenvalue weighted by atomic mass is 28.4. The summed E-state index contributed by atoms with van der Waals surface area (Å²) in [5, 5.41) is 0. The zero-order valence-corrected chi connectivity index (χ0v) is 30.4. The van der Waals surface area contributed by atoms with Crippen LogP contribution >= 0.6 is 0 Å². The first-order valence-corrected chi connectivity index (χ1v) is 28.9. The molecule has 0 aromatic rings. The zero-order valence-electron chi connectivity index (χ0n) is 26.4. The van der Waals surface area contributed by atoms with E-state index >= 15 is 0 Å². The van der Waals surface area contributed by atoms with Crippen LogP contribution in [0.4, 0.5) is 0 Å². The fourth-order valence-corrected chi connectivity index (χ4v) is 14.8. The predicted octanol–water partition coefficient (Wildman–Crippen LogP) is 9.82. The molecule has 2 aliphatic rings. The normalized spacial score (nSPS) is 29.3. The lowest BCUT2D eigenvalue weighted by molar-refractivity contribution is 0.186. The van der Waals surface area contributed by atoms with Crippen LogP contribution in [-0.2, 0) is 8.85 Å². The molecule has 208 valence electrons. The molecule has 0 saturated heterocycles. The van der Waals surface area contributed by atoms with E-state index in [0.717, 1.165) is 48.0 Å². The molecule has 0 radical (unpaired) electrons. The minimum atomic E-state index is -1.44. The van der Waals surface area contributed by atoms with Crippen LogP contribution < -0.4 is 0 Å². The van der Waals surface area contributed by atoms with Crippen molar-refractivity contribution in [2.75, 3.05) is 13.2 Å². The highest BCUT2D eigenvalue weighted by molar-refractivity contribution is 6.78. The van der Waals surface area contributed by atoms with Crippen molar-refractivity contribution >= 4 is 32.8 Å². The fraction of sp³-hybridized carbons (Fsp3) is 1.00. The Morgan fingerprint density at radius 3 is 1.09 bits per heavy atom. The molecule has 0 aromatic carbocycles. The molecule has 2 nitrogen and oxygen atoms in total. The summed E-state index contributed by atoms with van der Waals surface area (Å²) in [4.78, 5) is 0. The summed E-state index contributed by atoms with van der Waals surface area (Å²) in [6.45, 7) is 36.7. The summed E-state index contributed by atoms with van der Waals surface area (Å²) in [5.41, 5.74) is 1.80. The van der Waals surface area contributed by atoms with E-state index in [-0.39, 0.29) is 0 Å². The van der Waals surface area contributed by atoms with Crippen LogP contribution in [0.25, 0.3) is 0 Å². The molecule has 0 aliphatic heterocycles. The van der Waals surface area contributed by atoms with Gasteiger partial charge in [-0.3, -0.25) is 0 Å². The summed E-state index contributed by atoms with van der Waals surface area (Å²) in [6, 6.07) is 0. The summed E-state index contributed by atoms with van der Waals surface area (Å²) >= 11 is 0. The Morgan fingerprint density at radius 1 is 0.543 bits per heavy atom. The van der Waals surface area contributed by atoms with Crippen molar-refractivity contribution in [3.8, 4) is 0 Å². The van der Waals surface area contributed by atoms with Crippen LogP contribution in [-0.4, -0.2) is 46.0 Å². The number of hydrogen-bond donors (Lipinski definition) is 0. The minimum absolute atomic E-state index is 0.715. The Hall–Kier alpha value is 0.788. The van der Waals surface area contributed by atoms with Crippen LogP contribution in [0.2, 0.25) is 89.6 Å². The molecule has 2 bridgehead atoms. The molecule has 0 spiro atoms. The summed E-state index contributed by atoms with van der Waals surface area (Å²) < 4.78 is 12.8. The van der Waals surface area contributed by atoms with Gasteiger partial charge in [-0.05, 0) is 118 Å². The molecule has 8 unspecified atom stereocenters. The lowest BCUT2D eigenvalue weighted by Gasteiger charge is -2.41. The van der Waals surface area contributed by atoms with Gasteiger partial charge in [0.25, 0.3) is 0 Å². The van der Waals surface area contributed by atoms with Gasteiger partial charge in [0.15, 0.2) is 16.6 Å². The van der Waals surface area contributed by atoms with Gasteiger partial charge in [-0.25, -0.2) is 0 Å². The van der Waals surface area contributed by atoms with Crippen molar-refractivity contribution in [1.82, 2.24) is 0 Å². The minimum Gasteiger partial charge on any atom is -0.417 e. The Balaban J connectivity index is 1.99. The van der Waals surface area contributed by atoms with E-state index in [9.17, 15) is 0 Å². The van der Waals surface area contributed by atoms with Crippen LogP contribution in [0.1, 0.15) is 46.0 Å². The molecular formula is C29H64O2Si4. The second kappa shape index (κ2) is 11.9.